The fraction of sp³-hybridized carbons (Fsp3) is 0.400. The lowest BCUT2D eigenvalue weighted by Gasteiger charge is -2.18. The molecule has 0 bridgehead atoms. The van der Waals surface area contributed by atoms with Gasteiger partial charge in [0, 0.05) is 45.1 Å². The van der Waals surface area contributed by atoms with Crippen molar-refractivity contribution in [1.29, 1.82) is 0 Å². The van der Waals surface area contributed by atoms with Gasteiger partial charge in [0.15, 0.2) is 5.96 Å². The van der Waals surface area contributed by atoms with E-state index in [-0.39, 0.29) is 24.0 Å². The van der Waals surface area contributed by atoms with Crippen molar-refractivity contribution < 1.29 is 9.47 Å². The van der Waals surface area contributed by atoms with Gasteiger partial charge in [0.25, 0.3) is 0 Å². The number of rotatable bonds is 11. The summed E-state index contributed by atoms with van der Waals surface area (Å²) < 4.78 is 10.7. The van der Waals surface area contributed by atoms with E-state index in [1.165, 1.54) is 11.3 Å². The Hall–Kier alpha value is -2.26. The van der Waals surface area contributed by atoms with E-state index >= 15 is 0 Å². The van der Waals surface area contributed by atoms with Gasteiger partial charge in [0.05, 0.1) is 13.7 Å². The lowest BCUT2D eigenvalue weighted by Crippen LogP contribution is -2.37. The van der Waals surface area contributed by atoms with Crippen LogP contribution in [0.5, 0.6) is 5.75 Å². The second-order valence-electron chi connectivity index (χ2n) is 7.39. The molecule has 0 aromatic heterocycles. The predicted octanol–water partition coefficient (Wildman–Crippen LogP) is 4.35. The van der Waals surface area contributed by atoms with E-state index in [9.17, 15) is 0 Å². The van der Waals surface area contributed by atoms with Crippen molar-refractivity contribution in [2.45, 2.75) is 26.4 Å². The minimum absolute atomic E-state index is 0. The first-order valence-corrected chi connectivity index (χ1v) is 11.0. The second kappa shape index (κ2) is 14.7. The number of aliphatic imine (C=N–C) groups is 1. The molecule has 2 aromatic carbocycles. The summed E-state index contributed by atoms with van der Waals surface area (Å²) in [4.78, 5) is 7.11. The standard InChI is InChI=1S/C25H34N4O2.HI/c1-3-31-18-6-15-26-25(28-20-22-9-13-24(30-2)14-10-22)27-19-21-7-11-23(12-8-21)29-16-4-5-17-29;/h4-5,7-14H,3,6,15-20H2,1-2H3,(H2,26,27,28);1H. The zero-order valence-corrected chi connectivity index (χ0v) is 21.4. The monoisotopic (exact) mass is 550 g/mol. The van der Waals surface area contributed by atoms with Crippen molar-refractivity contribution in [1.82, 2.24) is 10.6 Å². The number of hydrogen-bond acceptors (Lipinski definition) is 4. The second-order valence-corrected chi connectivity index (χ2v) is 7.39. The summed E-state index contributed by atoms with van der Waals surface area (Å²) in [5.41, 5.74) is 3.63. The van der Waals surface area contributed by atoms with E-state index in [0.29, 0.717) is 6.54 Å². The Morgan fingerprint density at radius 2 is 1.66 bits per heavy atom. The maximum atomic E-state index is 5.43. The topological polar surface area (TPSA) is 58.1 Å². The average molecular weight is 550 g/mol. The number of benzene rings is 2. The lowest BCUT2D eigenvalue weighted by atomic mass is 10.2. The highest BCUT2D eigenvalue weighted by Crippen LogP contribution is 2.17. The maximum absolute atomic E-state index is 5.43. The minimum atomic E-state index is 0. The van der Waals surface area contributed by atoms with Gasteiger partial charge >= 0.3 is 0 Å². The molecule has 0 unspecified atom stereocenters. The number of nitrogens with zero attached hydrogens (tertiary/aromatic N) is 2. The zero-order chi connectivity index (χ0) is 21.7. The Balaban J connectivity index is 0.00000363. The van der Waals surface area contributed by atoms with Gasteiger partial charge in [0.2, 0.25) is 0 Å². The number of nitrogens with one attached hydrogen (secondary N) is 2. The summed E-state index contributed by atoms with van der Waals surface area (Å²) in [5.74, 6) is 1.66. The molecule has 7 heteroatoms. The van der Waals surface area contributed by atoms with Crippen LogP contribution in [0.1, 0.15) is 24.5 Å². The Kier molecular flexibility index (Phi) is 12.0. The first kappa shape index (κ1) is 26.0. The Morgan fingerprint density at radius 3 is 2.31 bits per heavy atom. The normalized spacial score (nSPS) is 13.1. The van der Waals surface area contributed by atoms with Crippen molar-refractivity contribution in [2.24, 2.45) is 4.99 Å². The summed E-state index contributed by atoms with van der Waals surface area (Å²) in [6, 6.07) is 16.7. The molecule has 1 heterocycles. The number of hydrogen-bond donors (Lipinski definition) is 2. The van der Waals surface area contributed by atoms with E-state index in [1.54, 1.807) is 7.11 Å². The van der Waals surface area contributed by atoms with Crippen molar-refractivity contribution in [3.05, 3.63) is 71.8 Å². The van der Waals surface area contributed by atoms with E-state index in [1.807, 2.05) is 31.2 Å². The summed E-state index contributed by atoms with van der Waals surface area (Å²) in [5, 5.41) is 6.87. The number of halogens is 1. The number of methoxy groups -OCH3 is 1. The Bertz CT molecular complexity index is 830. The molecule has 174 valence electrons. The van der Waals surface area contributed by atoms with Gasteiger partial charge < -0.3 is 25.0 Å². The van der Waals surface area contributed by atoms with E-state index in [4.69, 9.17) is 14.5 Å². The molecule has 0 amide bonds. The molecule has 0 aliphatic carbocycles. The lowest BCUT2D eigenvalue weighted by molar-refractivity contribution is 0.145. The van der Waals surface area contributed by atoms with Gasteiger partial charge in [-0.25, -0.2) is 4.99 Å². The molecule has 0 radical (unpaired) electrons. The van der Waals surface area contributed by atoms with Crippen LogP contribution in [-0.4, -0.2) is 45.9 Å². The molecule has 6 nitrogen and oxygen atoms in total. The largest absolute Gasteiger partial charge is 0.497 e. The van der Waals surface area contributed by atoms with E-state index in [2.05, 4.69) is 52.0 Å². The quantitative estimate of drug-likeness (QED) is 0.143. The first-order valence-electron chi connectivity index (χ1n) is 11.0. The van der Waals surface area contributed by atoms with Gasteiger partial charge in [0.1, 0.15) is 5.75 Å². The van der Waals surface area contributed by atoms with Crippen LogP contribution >= 0.6 is 24.0 Å². The van der Waals surface area contributed by atoms with Crippen molar-refractivity contribution in [3.8, 4) is 5.75 Å². The van der Waals surface area contributed by atoms with Crippen LogP contribution in [0.4, 0.5) is 5.69 Å². The third-order valence-corrected chi connectivity index (χ3v) is 5.12. The summed E-state index contributed by atoms with van der Waals surface area (Å²) >= 11 is 0. The third kappa shape index (κ3) is 8.70. The number of ether oxygens (including phenoxy) is 2. The fourth-order valence-electron chi connectivity index (χ4n) is 3.30. The summed E-state index contributed by atoms with van der Waals surface area (Å²) in [6.45, 7) is 7.64. The SMILES string of the molecule is CCOCCCNC(=NCc1ccc(OC)cc1)NCc1ccc(N2CC=CC2)cc1.I. The highest BCUT2D eigenvalue weighted by Gasteiger charge is 2.07. The predicted molar refractivity (Wildman–Crippen MR) is 143 cm³/mol. The van der Waals surface area contributed by atoms with Crippen LogP contribution < -0.4 is 20.3 Å². The van der Waals surface area contributed by atoms with Gasteiger partial charge in [-0.2, -0.15) is 0 Å². The Labute approximate surface area is 209 Å². The first-order chi connectivity index (χ1) is 15.3. The minimum Gasteiger partial charge on any atom is -0.497 e. The van der Waals surface area contributed by atoms with Crippen LogP contribution in [0.15, 0.2) is 65.7 Å². The molecular weight excluding hydrogens is 515 g/mol. The molecule has 0 atom stereocenters. The average Bonchev–Trinajstić information content (AvgIpc) is 3.36. The summed E-state index contributed by atoms with van der Waals surface area (Å²) in [7, 11) is 1.68. The van der Waals surface area contributed by atoms with Crippen LogP contribution in [-0.2, 0) is 17.8 Å². The third-order valence-electron chi connectivity index (χ3n) is 5.12. The smallest absolute Gasteiger partial charge is 0.191 e. The van der Waals surface area contributed by atoms with Gasteiger partial charge in [-0.1, -0.05) is 36.4 Å². The number of anilines is 1. The van der Waals surface area contributed by atoms with Gasteiger partial charge in [-0.3, -0.25) is 0 Å². The van der Waals surface area contributed by atoms with Crippen molar-refractivity contribution >= 4 is 35.6 Å². The van der Waals surface area contributed by atoms with Crippen LogP contribution in [0.3, 0.4) is 0 Å². The van der Waals surface area contributed by atoms with Crippen LogP contribution in [0, 0.1) is 0 Å². The van der Waals surface area contributed by atoms with Crippen LogP contribution in [0.2, 0.25) is 0 Å². The Morgan fingerprint density at radius 1 is 0.969 bits per heavy atom. The molecule has 32 heavy (non-hydrogen) atoms. The molecule has 1 aliphatic heterocycles. The van der Waals surface area contributed by atoms with Gasteiger partial charge in [-0.05, 0) is 48.7 Å². The highest BCUT2D eigenvalue weighted by molar-refractivity contribution is 14.0. The molecule has 2 N–H and O–H groups in total. The highest BCUT2D eigenvalue weighted by atomic mass is 127. The van der Waals surface area contributed by atoms with E-state index in [0.717, 1.165) is 63.1 Å². The zero-order valence-electron chi connectivity index (χ0n) is 19.0. The molecular formula is C25H35IN4O2. The maximum Gasteiger partial charge on any atom is 0.191 e. The number of guanidine groups is 1. The molecule has 3 rings (SSSR count). The fourth-order valence-corrected chi connectivity index (χ4v) is 3.30. The van der Waals surface area contributed by atoms with Crippen molar-refractivity contribution in [2.75, 3.05) is 44.9 Å². The molecule has 1 aliphatic rings. The molecule has 0 fully saturated rings. The molecule has 2 aromatic rings. The molecule has 0 saturated carbocycles. The molecule has 0 spiro atoms. The summed E-state index contributed by atoms with van der Waals surface area (Å²) in [6.07, 6.45) is 5.35. The van der Waals surface area contributed by atoms with Crippen LogP contribution in [0.25, 0.3) is 0 Å². The van der Waals surface area contributed by atoms with E-state index < -0.39 is 0 Å². The van der Waals surface area contributed by atoms with Crippen molar-refractivity contribution in [3.63, 3.8) is 0 Å². The van der Waals surface area contributed by atoms with Gasteiger partial charge in [-0.15, -0.1) is 24.0 Å². The molecule has 0 saturated heterocycles.